The number of rotatable bonds is 6. The quantitative estimate of drug-likeness (QED) is 0.877. The lowest BCUT2D eigenvalue weighted by atomic mass is 9.88. The molecule has 118 valence electrons. The summed E-state index contributed by atoms with van der Waals surface area (Å²) in [5.74, 6) is 0. The van der Waals surface area contributed by atoms with E-state index < -0.39 is 0 Å². The van der Waals surface area contributed by atoms with Gasteiger partial charge in [0.1, 0.15) is 0 Å². The van der Waals surface area contributed by atoms with E-state index in [0.29, 0.717) is 12.6 Å². The molecule has 0 bridgehead atoms. The van der Waals surface area contributed by atoms with Crippen LogP contribution >= 0.6 is 11.6 Å². The Bertz CT molecular complexity index is 435. The minimum absolute atomic E-state index is 0.0242. The van der Waals surface area contributed by atoms with Crippen LogP contribution in [0.3, 0.4) is 0 Å². The summed E-state index contributed by atoms with van der Waals surface area (Å²) >= 11 is 5.97. The summed E-state index contributed by atoms with van der Waals surface area (Å²) in [6, 6.07) is 8.10. The summed E-state index contributed by atoms with van der Waals surface area (Å²) in [6.07, 6.45) is 3.63. The number of likely N-dealkylation sites (tertiary alicyclic amines) is 1. The van der Waals surface area contributed by atoms with Gasteiger partial charge in [-0.1, -0.05) is 23.7 Å². The second kappa shape index (κ2) is 7.59. The monoisotopic (exact) mass is 310 g/mol. The molecule has 2 rings (SSSR count). The Morgan fingerprint density at radius 3 is 2.71 bits per heavy atom. The summed E-state index contributed by atoms with van der Waals surface area (Å²) in [7, 11) is 0. The predicted molar refractivity (Wildman–Crippen MR) is 88.8 cm³/mol. The highest BCUT2D eigenvalue weighted by Crippen LogP contribution is 2.26. The molecular weight excluding hydrogens is 284 g/mol. The van der Waals surface area contributed by atoms with Gasteiger partial charge in [-0.3, -0.25) is 4.90 Å². The lowest BCUT2D eigenvalue weighted by Gasteiger charge is -2.45. The van der Waals surface area contributed by atoms with Gasteiger partial charge < -0.3 is 10.5 Å². The Balaban J connectivity index is 2.06. The van der Waals surface area contributed by atoms with Crippen LogP contribution in [0.4, 0.5) is 0 Å². The molecule has 4 heteroatoms. The van der Waals surface area contributed by atoms with E-state index >= 15 is 0 Å². The molecule has 1 heterocycles. The fourth-order valence-electron chi connectivity index (χ4n) is 3.16. The number of hydrogen-bond donors (Lipinski definition) is 1. The summed E-state index contributed by atoms with van der Waals surface area (Å²) in [5.41, 5.74) is 7.39. The number of ether oxygens (including phenoxy) is 1. The normalized spacial score (nSPS) is 23.0. The summed E-state index contributed by atoms with van der Waals surface area (Å²) in [4.78, 5) is 2.51. The molecule has 1 aliphatic rings. The fourth-order valence-corrected chi connectivity index (χ4v) is 3.28. The Labute approximate surface area is 133 Å². The van der Waals surface area contributed by atoms with Gasteiger partial charge in [0.2, 0.25) is 0 Å². The van der Waals surface area contributed by atoms with Crippen LogP contribution in [0.25, 0.3) is 0 Å². The van der Waals surface area contributed by atoms with E-state index in [9.17, 15) is 0 Å². The van der Waals surface area contributed by atoms with Crippen LogP contribution in [0.15, 0.2) is 24.3 Å². The van der Waals surface area contributed by atoms with Gasteiger partial charge in [0.15, 0.2) is 0 Å². The van der Waals surface area contributed by atoms with E-state index in [0.717, 1.165) is 37.6 Å². The van der Waals surface area contributed by atoms with Crippen LogP contribution < -0.4 is 5.73 Å². The maximum atomic E-state index is 6.13. The zero-order valence-corrected chi connectivity index (χ0v) is 13.9. The standard InChI is InChI=1S/C17H27ClN2O/c1-3-21-16-5-4-10-20(12-16)17(2,13-19)11-14-6-8-15(18)9-7-14/h6-9,16H,3-5,10-13,19H2,1-2H3. The van der Waals surface area contributed by atoms with Crippen molar-refractivity contribution in [1.82, 2.24) is 4.90 Å². The van der Waals surface area contributed by atoms with E-state index in [1.54, 1.807) is 0 Å². The number of nitrogens with zero attached hydrogens (tertiary/aromatic N) is 1. The average molecular weight is 311 g/mol. The molecule has 1 aromatic carbocycles. The lowest BCUT2D eigenvalue weighted by molar-refractivity contribution is -0.0280. The lowest BCUT2D eigenvalue weighted by Crippen LogP contribution is -2.57. The molecule has 0 amide bonds. The molecule has 1 fully saturated rings. The van der Waals surface area contributed by atoms with Crippen LogP contribution in [0.2, 0.25) is 5.02 Å². The molecule has 0 spiro atoms. The van der Waals surface area contributed by atoms with Gasteiger partial charge in [-0.15, -0.1) is 0 Å². The topological polar surface area (TPSA) is 38.5 Å². The zero-order chi connectivity index (χ0) is 15.3. The highest BCUT2D eigenvalue weighted by Gasteiger charge is 2.34. The van der Waals surface area contributed by atoms with Crippen molar-refractivity contribution in [3.8, 4) is 0 Å². The maximum absolute atomic E-state index is 6.13. The van der Waals surface area contributed by atoms with Crippen molar-refractivity contribution in [3.63, 3.8) is 0 Å². The predicted octanol–water partition coefficient (Wildman–Crippen LogP) is 3.10. The SMILES string of the molecule is CCOC1CCCN(C(C)(CN)Cc2ccc(Cl)cc2)C1. The smallest absolute Gasteiger partial charge is 0.0702 e. The second-order valence-corrected chi connectivity index (χ2v) is 6.61. The summed E-state index contributed by atoms with van der Waals surface area (Å²) in [6.45, 7) is 7.84. The van der Waals surface area contributed by atoms with Gasteiger partial charge in [-0.2, -0.15) is 0 Å². The third-order valence-electron chi connectivity index (χ3n) is 4.48. The highest BCUT2D eigenvalue weighted by atomic mass is 35.5. The molecule has 2 atom stereocenters. The first-order valence-electron chi connectivity index (χ1n) is 7.88. The van der Waals surface area contributed by atoms with Crippen LogP contribution in [0, 0.1) is 0 Å². The Morgan fingerprint density at radius 1 is 1.38 bits per heavy atom. The first-order chi connectivity index (χ1) is 10.1. The molecule has 0 aliphatic carbocycles. The molecule has 0 radical (unpaired) electrons. The van der Waals surface area contributed by atoms with Crippen LogP contribution in [0.5, 0.6) is 0 Å². The fraction of sp³-hybridized carbons (Fsp3) is 0.647. The molecule has 1 saturated heterocycles. The molecule has 21 heavy (non-hydrogen) atoms. The van der Waals surface area contributed by atoms with Crippen molar-refractivity contribution in [3.05, 3.63) is 34.9 Å². The Kier molecular flexibility index (Phi) is 6.06. The maximum Gasteiger partial charge on any atom is 0.0702 e. The largest absolute Gasteiger partial charge is 0.377 e. The number of nitrogens with two attached hydrogens (primary N) is 1. The highest BCUT2D eigenvalue weighted by molar-refractivity contribution is 6.30. The zero-order valence-electron chi connectivity index (χ0n) is 13.1. The van der Waals surface area contributed by atoms with Gasteiger partial charge in [0, 0.05) is 30.3 Å². The molecule has 2 unspecified atom stereocenters. The van der Waals surface area contributed by atoms with Crippen molar-refractivity contribution in [2.45, 2.75) is 44.8 Å². The summed E-state index contributed by atoms with van der Waals surface area (Å²) < 4.78 is 5.82. The van der Waals surface area contributed by atoms with Gasteiger partial charge >= 0.3 is 0 Å². The summed E-state index contributed by atoms with van der Waals surface area (Å²) in [5, 5.41) is 0.780. The molecule has 0 aromatic heterocycles. The van der Waals surface area contributed by atoms with Crippen LogP contribution in [-0.2, 0) is 11.2 Å². The number of halogens is 1. The van der Waals surface area contributed by atoms with Gasteiger partial charge in [0.25, 0.3) is 0 Å². The van der Waals surface area contributed by atoms with E-state index in [2.05, 4.69) is 30.9 Å². The second-order valence-electron chi connectivity index (χ2n) is 6.17. The van der Waals surface area contributed by atoms with Crippen LogP contribution in [-0.4, -0.2) is 42.8 Å². The third kappa shape index (κ3) is 4.43. The van der Waals surface area contributed by atoms with Crippen molar-refractivity contribution in [2.24, 2.45) is 5.73 Å². The van der Waals surface area contributed by atoms with Gasteiger partial charge in [0.05, 0.1) is 6.10 Å². The first kappa shape index (κ1) is 16.8. The molecular formula is C17H27ClN2O. The van der Waals surface area contributed by atoms with Gasteiger partial charge in [-0.05, 0) is 57.4 Å². The molecule has 1 aromatic rings. The molecule has 2 N–H and O–H groups in total. The molecule has 0 saturated carbocycles. The van der Waals surface area contributed by atoms with Gasteiger partial charge in [-0.25, -0.2) is 0 Å². The number of piperidine rings is 1. The third-order valence-corrected chi connectivity index (χ3v) is 4.73. The average Bonchev–Trinajstić information content (AvgIpc) is 2.50. The number of benzene rings is 1. The van der Waals surface area contributed by atoms with Crippen molar-refractivity contribution in [2.75, 3.05) is 26.2 Å². The molecule has 3 nitrogen and oxygen atoms in total. The van der Waals surface area contributed by atoms with E-state index in [-0.39, 0.29) is 5.54 Å². The van der Waals surface area contributed by atoms with E-state index in [1.807, 2.05) is 12.1 Å². The molecule has 1 aliphatic heterocycles. The van der Waals surface area contributed by atoms with Crippen molar-refractivity contribution < 1.29 is 4.74 Å². The van der Waals surface area contributed by atoms with E-state index in [1.165, 1.54) is 12.0 Å². The van der Waals surface area contributed by atoms with Crippen molar-refractivity contribution in [1.29, 1.82) is 0 Å². The minimum atomic E-state index is -0.0242. The Hall–Kier alpha value is -0.610. The Morgan fingerprint density at radius 2 is 2.10 bits per heavy atom. The minimum Gasteiger partial charge on any atom is -0.377 e. The van der Waals surface area contributed by atoms with Crippen molar-refractivity contribution >= 4 is 11.6 Å². The van der Waals surface area contributed by atoms with E-state index in [4.69, 9.17) is 22.1 Å². The van der Waals surface area contributed by atoms with Crippen LogP contribution in [0.1, 0.15) is 32.3 Å². The number of hydrogen-bond acceptors (Lipinski definition) is 3. The first-order valence-corrected chi connectivity index (χ1v) is 8.26.